The molecule has 0 saturated carbocycles. The Morgan fingerprint density at radius 3 is 2.42 bits per heavy atom. The third kappa shape index (κ3) is 6.30. The fourth-order valence-corrected chi connectivity index (χ4v) is 3.33. The number of urea groups is 1. The smallest absolute Gasteiger partial charge is 0.337 e. The van der Waals surface area contributed by atoms with Gasteiger partial charge >= 0.3 is 6.03 Å². The first-order valence-electron chi connectivity index (χ1n) is 10.4. The van der Waals surface area contributed by atoms with E-state index in [1.807, 2.05) is 48.5 Å². The van der Waals surface area contributed by atoms with Crippen LogP contribution in [0.25, 0.3) is 10.8 Å². The Hall–Kier alpha value is -4.39. The lowest BCUT2D eigenvalue weighted by Crippen LogP contribution is -2.44. The van der Waals surface area contributed by atoms with Crippen LogP contribution in [0.2, 0.25) is 0 Å². The van der Waals surface area contributed by atoms with E-state index in [0.717, 1.165) is 21.9 Å². The van der Waals surface area contributed by atoms with E-state index in [0.29, 0.717) is 11.4 Å². The van der Waals surface area contributed by atoms with Crippen LogP contribution in [0, 0.1) is 5.82 Å². The molecule has 33 heavy (non-hydrogen) atoms. The van der Waals surface area contributed by atoms with E-state index in [2.05, 4.69) is 16.2 Å². The molecule has 0 aliphatic carbocycles. The number of carbonyl (C=O) groups is 2. The van der Waals surface area contributed by atoms with Crippen molar-refractivity contribution in [3.63, 3.8) is 0 Å². The van der Waals surface area contributed by atoms with Crippen molar-refractivity contribution in [2.24, 2.45) is 0 Å². The molecule has 6 nitrogen and oxygen atoms in total. The first-order valence-corrected chi connectivity index (χ1v) is 10.4. The molecule has 0 radical (unpaired) electrons. The summed E-state index contributed by atoms with van der Waals surface area (Å²) in [7, 11) is 0. The van der Waals surface area contributed by atoms with Crippen molar-refractivity contribution >= 4 is 28.4 Å². The van der Waals surface area contributed by atoms with Crippen LogP contribution in [-0.4, -0.2) is 11.9 Å². The number of hydrogen-bond donors (Lipinski definition) is 3. The fraction of sp³-hybridized carbons (Fsp3) is 0.0769. The van der Waals surface area contributed by atoms with Crippen LogP contribution < -0.4 is 20.9 Å². The molecule has 0 unspecified atom stereocenters. The van der Waals surface area contributed by atoms with Crippen molar-refractivity contribution in [1.82, 2.24) is 10.9 Å². The Kier molecular flexibility index (Phi) is 6.80. The van der Waals surface area contributed by atoms with Gasteiger partial charge in [-0.25, -0.2) is 14.6 Å². The van der Waals surface area contributed by atoms with Crippen LogP contribution >= 0.6 is 0 Å². The number of carbonyl (C=O) groups excluding carboxylic acids is 2. The molecule has 0 aliphatic rings. The second kappa shape index (κ2) is 10.3. The zero-order chi connectivity index (χ0) is 23.0. The van der Waals surface area contributed by atoms with E-state index in [-0.39, 0.29) is 24.8 Å². The molecule has 3 N–H and O–H groups in total. The number of hydrazine groups is 1. The molecule has 4 rings (SSSR count). The second-order valence-corrected chi connectivity index (χ2v) is 7.43. The standard InChI is InChI=1S/C26H22FN3O3/c27-22-8-4-10-24(16-22)33-17-19-5-3-9-23(14-19)28-26(32)30-29-25(31)15-18-11-12-20-6-1-2-7-21(20)13-18/h1-14,16H,15,17H2,(H,29,31)(H2,28,30,32). The van der Waals surface area contributed by atoms with Gasteiger partial charge in [-0.2, -0.15) is 0 Å². The minimum absolute atomic E-state index is 0.137. The quantitative estimate of drug-likeness (QED) is 0.369. The van der Waals surface area contributed by atoms with Gasteiger partial charge in [0.25, 0.3) is 0 Å². The highest BCUT2D eigenvalue weighted by Gasteiger charge is 2.07. The van der Waals surface area contributed by atoms with Gasteiger partial charge in [-0.15, -0.1) is 0 Å². The summed E-state index contributed by atoms with van der Waals surface area (Å²) in [6, 6.07) is 26.0. The lowest BCUT2D eigenvalue weighted by molar-refractivity contribution is -0.121. The van der Waals surface area contributed by atoms with Gasteiger partial charge in [-0.1, -0.05) is 60.7 Å². The maximum absolute atomic E-state index is 13.2. The molecule has 0 fully saturated rings. The van der Waals surface area contributed by atoms with Gasteiger partial charge in [0.05, 0.1) is 6.42 Å². The molecule has 166 valence electrons. The first-order chi connectivity index (χ1) is 16.0. The summed E-state index contributed by atoms with van der Waals surface area (Å²) in [4.78, 5) is 24.4. The Bertz CT molecular complexity index is 1290. The van der Waals surface area contributed by atoms with E-state index >= 15 is 0 Å². The maximum Gasteiger partial charge on any atom is 0.337 e. The average Bonchev–Trinajstić information content (AvgIpc) is 2.82. The predicted octanol–water partition coefficient (Wildman–Crippen LogP) is 4.95. The van der Waals surface area contributed by atoms with E-state index in [1.54, 1.807) is 30.3 Å². The summed E-state index contributed by atoms with van der Waals surface area (Å²) >= 11 is 0. The van der Waals surface area contributed by atoms with E-state index < -0.39 is 6.03 Å². The summed E-state index contributed by atoms with van der Waals surface area (Å²) < 4.78 is 18.8. The molecule has 0 heterocycles. The Balaban J connectivity index is 1.25. The number of fused-ring (bicyclic) bond motifs is 1. The zero-order valence-corrected chi connectivity index (χ0v) is 17.7. The van der Waals surface area contributed by atoms with Gasteiger partial charge in [-0.05, 0) is 46.2 Å². The molecule has 0 aromatic heterocycles. The zero-order valence-electron chi connectivity index (χ0n) is 17.7. The van der Waals surface area contributed by atoms with Crippen LogP contribution in [-0.2, 0) is 17.8 Å². The Morgan fingerprint density at radius 2 is 1.58 bits per heavy atom. The van der Waals surface area contributed by atoms with Crippen LogP contribution in [0.15, 0.2) is 91.0 Å². The van der Waals surface area contributed by atoms with E-state index in [4.69, 9.17) is 4.74 Å². The third-order valence-electron chi connectivity index (χ3n) is 4.88. The van der Waals surface area contributed by atoms with Crippen molar-refractivity contribution in [3.05, 3.63) is 108 Å². The van der Waals surface area contributed by atoms with Gasteiger partial charge in [0, 0.05) is 11.8 Å². The number of nitrogens with one attached hydrogen (secondary N) is 3. The number of ether oxygens (including phenoxy) is 1. The summed E-state index contributed by atoms with van der Waals surface area (Å²) in [5, 5.41) is 4.80. The van der Waals surface area contributed by atoms with Crippen LogP contribution in [0.5, 0.6) is 5.75 Å². The van der Waals surface area contributed by atoms with Crippen LogP contribution in [0.1, 0.15) is 11.1 Å². The number of anilines is 1. The fourth-order valence-electron chi connectivity index (χ4n) is 3.33. The largest absolute Gasteiger partial charge is 0.489 e. The lowest BCUT2D eigenvalue weighted by atomic mass is 10.1. The summed E-state index contributed by atoms with van der Waals surface area (Å²) in [5.74, 6) is -0.292. The number of hydrogen-bond acceptors (Lipinski definition) is 3. The van der Waals surface area contributed by atoms with Crippen molar-refractivity contribution in [2.75, 3.05) is 5.32 Å². The molecule has 0 atom stereocenters. The molecular weight excluding hydrogens is 421 g/mol. The van der Waals surface area contributed by atoms with Crippen LogP contribution in [0.3, 0.4) is 0 Å². The number of amides is 3. The number of benzene rings is 4. The molecule has 0 spiro atoms. The van der Waals surface area contributed by atoms with Gasteiger partial charge in [-0.3, -0.25) is 10.2 Å². The van der Waals surface area contributed by atoms with E-state index in [9.17, 15) is 14.0 Å². The monoisotopic (exact) mass is 443 g/mol. The van der Waals surface area contributed by atoms with Gasteiger partial charge in [0.15, 0.2) is 0 Å². The van der Waals surface area contributed by atoms with Crippen molar-refractivity contribution in [1.29, 1.82) is 0 Å². The molecule has 0 bridgehead atoms. The summed E-state index contributed by atoms with van der Waals surface area (Å²) in [6.45, 7) is 0.211. The maximum atomic E-state index is 13.2. The molecular formula is C26H22FN3O3. The SMILES string of the molecule is O=C(Cc1ccc2ccccc2c1)NNC(=O)Nc1cccc(COc2cccc(F)c2)c1. The molecule has 7 heteroatoms. The Morgan fingerprint density at radius 1 is 0.758 bits per heavy atom. The predicted molar refractivity (Wildman–Crippen MR) is 125 cm³/mol. The minimum atomic E-state index is -0.579. The molecule has 4 aromatic rings. The highest BCUT2D eigenvalue weighted by Crippen LogP contribution is 2.17. The first kappa shape index (κ1) is 21.8. The van der Waals surface area contributed by atoms with Crippen LogP contribution in [0.4, 0.5) is 14.9 Å². The second-order valence-electron chi connectivity index (χ2n) is 7.43. The minimum Gasteiger partial charge on any atom is -0.489 e. The van der Waals surface area contributed by atoms with Gasteiger partial charge in [0.1, 0.15) is 18.2 Å². The molecule has 4 aromatic carbocycles. The topological polar surface area (TPSA) is 79.5 Å². The molecule has 3 amide bonds. The van der Waals surface area contributed by atoms with Crippen molar-refractivity contribution < 1.29 is 18.7 Å². The van der Waals surface area contributed by atoms with E-state index in [1.165, 1.54) is 12.1 Å². The normalized spacial score (nSPS) is 10.5. The average molecular weight is 443 g/mol. The Labute approximate surface area is 190 Å². The number of halogens is 1. The highest BCUT2D eigenvalue weighted by atomic mass is 19.1. The van der Waals surface area contributed by atoms with Crippen molar-refractivity contribution in [2.45, 2.75) is 13.0 Å². The summed E-state index contributed by atoms with van der Waals surface area (Å²) in [5.41, 5.74) is 6.91. The van der Waals surface area contributed by atoms with Gasteiger partial charge < -0.3 is 10.1 Å². The lowest BCUT2D eigenvalue weighted by Gasteiger charge is -2.11. The summed E-state index contributed by atoms with van der Waals surface area (Å²) in [6.07, 6.45) is 0.137. The third-order valence-corrected chi connectivity index (χ3v) is 4.88. The van der Waals surface area contributed by atoms with Gasteiger partial charge in [0.2, 0.25) is 5.91 Å². The molecule has 0 aliphatic heterocycles. The number of rotatable bonds is 6. The highest BCUT2D eigenvalue weighted by molar-refractivity contribution is 5.91. The molecule has 0 saturated heterocycles. The van der Waals surface area contributed by atoms with Crippen molar-refractivity contribution in [3.8, 4) is 5.75 Å².